The van der Waals surface area contributed by atoms with Crippen molar-refractivity contribution < 1.29 is 4.74 Å². The number of hydrazine groups is 1. The Hall–Kier alpha value is -1.63. The van der Waals surface area contributed by atoms with Crippen LogP contribution in [0.25, 0.3) is 0 Å². The van der Waals surface area contributed by atoms with Crippen LogP contribution in [0.2, 0.25) is 0 Å². The third-order valence-corrected chi connectivity index (χ3v) is 3.28. The van der Waals surface area contributed by atoms with Crippen molar-refractivity contribution in [3.05, 3.63) is 0 Å². The second kappa shape index (κ2) is 5.81. The van der Waals surface area contributed by atoms with Crippen molar-refractivity contribution in [3.63, 3.8) is 0 Å². The van der Waals surface area contributed by atoms with Gasteiger partial charge in [-0.2, -0.15) is 15.0 Å². The van der Waals surface area contributed by atoms with Gasteiger partial charge in [0.1, 0.15) is 0 Å². The van der Waals surface area contributed by atoms with Crippen LogP contribution in [-0.4, -0.2) is 35.2 Å². The van der Waals surface area contributed by atoms with Crippen molar-refractivity contribution in [2.45, 2.75) is 26.2 Å². The fraction of sp³-hybridized carbons (Fsp3) is 0.727. The van der Waals surface area contributed by atoms with Gasteiger partial charge in [-0.25, -0.2) is 5.84 Å². The molecule has 0 bridgehead atoms. The summed E-state index contributed by atoms with van der Waals surface area (Å²) in [6.07, 6.45) is 3.92. The van der Waals surface area contributed by atoms with Crippen molar-refractivity contribution in [1.82, 2.24) is 15.0 Å². The van der Waals surface area contributed by atoms with E-state index in [0.29, 0.717) is 11.9 Å². The lowest BCUT2D eigenvalue weighted by Gasteiger charge is -2.31. The molecule has 1 aromatic rings. The first-order valence-corrected chi connectivity index (χ1v) is 6.28. The van der Waals surface area contributed by atoms with Gasteiger partial charge in [0.25, 0.3) is 0 Å². The molecule has 0 aromatic carbocycles. The van der Waals surface area contributed by atoms with Gasteiger partial charge in [-0.1, -0.05) is 6.42 Å². The van der Waals surface area contributed by atoms with Crippen LogP contribution < -0.4 is 20.9 Å². The number of nitrogens with one attached hydrogen (secondary N) is 1. The van der Waals surface area contributed by atoms with Crippen molar-refractivity contribution in [2.75, 3.05) is 30.5 Å². The zero-order chi connectivity index (χ0) is 13.0. The quantitative estimate of drug-likeness (QED) is 0.571. The van der Waals surface area contributed by atoms with E-state index in [9.17, 15) is 0 Å². The fourth-order valence-electron chi connectivity index (χ4n) is 1.98. The summed E-state index contributed by atoms with van der Waals surface area (Å²) >= 11 is 0. The van der Waals surface area contributed by atoms with E-state index >= 15 is 0 Å². The Morgan fingerprint density at radius 2 is 2.17 bits per heavy atom. The van der Waals surface area contributed by atoms with Crippen molar-refractivity contribution >= 4 is 11.9 Å². The van der Waals surface area contributed by atoms with Gasteiger partial charge in [-0.3, -0.25) is 5.43 Å². The second-order valence-electron chi connectivity index (χ2n) is 4.43. The molecule has 100 valence electrons. The largest absolute Gasteiger partial charge is 0.467 e. The molecule has 1 saturated carbocycles. The number of nitrogens with two attached hydrogens (primary N) is 1. The van der Waals surface area contributed by atoms with Gasteiger partial charge in [0, 0.05) is 13.1 Å². The van der Waals surface area contributed by atoms with E-state index in [4.69, 9.17) is 10.6 Å². The molecule has 1 aliphatic carbocycles. The number of methoxy groups -OCH3 is 1. The minimum Gasteiger partial charge on any atom is -0.467 e. The first kappa shape index (κ1) is 12.8. The Morgan fingerprint density at radius 1 is 1.39 bits per heavy atom. The molecule has 0 unspecified atom stereocenters. The van der Waals surface area contributed by atoms with Crippen LogP contribution in [0, 0.1) is 5.92 Å². The fourth-order valence-corrected chi connectivity index (χ4v) is 1.98. The molecule has 1 aromatic heterocycles. The van der Waals surface area contributed by atoms with E-state index in [1.165, 1.54) is 26.4 Å². The zero-order valence-corrected chi connectivity index (χ0v) is 10.9. The number of ether oxygens (including phenoxy) is 1. The number of aromatic nitrogens is 3. The standard InChI is InChI=1S/C11H20N6O/c1-3-17(7-8-5-4-6-8)10-13-9(16-12)14-11(15-10)18-2/h8H,3-7,12H2,1-2H3,(H,13,14,15,16). The Bertz CT molecular complexity index is 373. The number of nitrogens with zero attached hydrogens (tertiary/aromatic N) is 4. The number of rotatable bonds is 6. The highest BCUT2D eigenvalue weighted by atomic mass is 16.5. The SMILES string of the molecule is CCN(CC1CCC1)c1nc(NN)nc(OC)n1. The van der Waals surface area contributed by atoms with E-state index in [2.05, 4.69) is 32.2 Å². The predicted molar refractivity (Wildman–Crippen MR) is 69.4 cm³/mol. The van der Waals surface area contributed by atoms with Gasteiger partial charge in [-0.05, 0) is 25.7 Å². The van der Waals surface area contributed by atoms with E-state index < -0.39 is 0 Å². The highest BCUT2D eigenvalue weighted by Crippen LogP contribution is 2.28. The van der Waals surface area contributed by atoms with Gasteiger partial charge in [0.15, 0.2) is 0 Å². The van der Waals surface area contributed by atoms with Crippen molar-refractivity contribution in [3.8, 4) is 6.01 Å². The third-order valence-electron chi connectivity index (χ3n) is 3.28. The molecule has 0 saturated heterocycles. The second-order valence-corrected chi connectivity index (χ2v) is 4.43. The molecule has 0 radical (unpaired) electrons. The van der Waals surface area contributed by atoms with Gasteiger partial charge >= 0.3 is 6.01 Å². The average Bonchev–Trinajstić information content (AvgIpc) is 2.37. The minimum absolute atomic E-state index is 0.278. The normalized spacial score (nSPS) is 15.1. The van der Waals surface area contributed by atoms with Crippen LogP contribution in [0.5, 0.6) is 6.01 Å². The first-order chi connectivity index (χ1) is 8.76. The Labute approximate surface area is 107 Å². The molecule has 2 rings (SSSR count). The van der Waals surface area contributed by atoms with Crippen molar-refractivity contribution in [2.24, 2.45) is 11.8 Å². The van der Waals surface area contributed by atoms with Crippen molar-refractivity contribution in [1.29, 1.82) is 0 Å². The molecule has 1 aliphatic rings. The molecule has 0 amide bonds. The summed E-state index contributed by atoms with van der Waals surface area (Å²) in [7, 11) is 1.53. The average molecular weight is 252 g/mol. The van der Waals surface area contributed by atoms with Crippen LogP contribution in [0.4, 0.5) is 11.9 Å². The molecule has 3 N–H and O–H groups in total. The molecule has 1 heterocycles. The summed E-state index contributed by atoms with van der Waals surface area (Å²) in [6, 6.07) is 0.278. The summed E-state index contributed by atoms with van der Waals surface area (Å²) in [5, 5.41) is 0. The summed E-state index contributed by atoms with van der Waals surface area (Å²) in [5.74, 6) is 7.04. The third kappa shape index (κ3) is 2.79. The summed E-state index contributed by atoms with van der Waals surface area (Å²) in [4.78, 5) is 14.7. The van der Waals surface area contributed by atoms with E-state index in [1.807, 2.05) is 0 Å². The molecule has 1 fully saturated rings. The van der Waals surface area contributed by atoms with Crippen LogP contribution in [0.1, 0.15) is 26.2 Å². The Kier molecular flexibility index (Phi) is 4.14. The maximum absolute atomic E-state index is 5.35. The lowest BCUT2D eigenvalue weighted by molar-refractivity contribution is 0.316. The number of hydrogen-bond donors (Lipinski definition) is 2. The topological polar surface area (TPSA) is 89.2 Å². The number of anilines is 2. The van der Waals surface area contributed by atoms with Gasteiger partial charge in [-0.15, -0.1) is 0 Å². The monoisotopic (exact) mass is 252 g/mol. The lowest BCUT2D eigenvalue weighted by atomic mass is 9.85. The number of nitrogen functional groups attached to an aromatic ring is 1. The molecular weight excluding hydrogens is 232 g/mol. The molecule has 0 atom stereocenters. The molecule has 7 nitrogen and oxygen atoms in total. The van der Waals surface area contributed by atoms with E-state index in [-0.39, 0.29) is 6.01 Å². The highest BCUT2D eigenvalue weighted by molar-refractivity contribution is 5.37. The summed E-state index contributed by atoms with van der Waals surface area (Å²) in [5.41, 5.74) is 2.43. The van der Waals surface area contributed by atoms with Gasteiger partial charge < -0.3 is 9.64 Å². The van der Waals surface area contributed by atoms with Crippen LogP contribution in [0.15, 0.2) is 0 Å². The van der Waals surface area contributed by atoms with E-state index in [1.54, 1.807) is 0 Å². The minimum atomic E-state index is 0.278. The van der Waals surface area contributed by atoms with Crippen LogP contribution in [-0.2, 0) is 0 Å². The smallest absolute Gasteiger partial charge is 0.322 e. The number of hydrogen-bond acceptors (Lipinski definition) is 7. The summed E-state index contributed by atoms with van der Waals surface area (Å²) in [6.45, 7) is 3.92. The zero-order valence-electron chi connectivity index (χ0n) is 10.9. The Morgan fingerprint density at radius 3 is 2.67 bits per heavy atom. The molecule has 0 spiro atoms. The molecule has 0 aliphatic heterocycles. The predicted octanol–water partition coefficient (Wildman–Crippen LogP) is 0.792. The Balaban J connectivity index is 2.16. The van der Waals surface area contributed by atoms with Crippen LogP contribution in [0.3, 0.4) is 0 Å². The summed E-state index contributed by atoms with van der Waals surface area (Å²) < 4.78 is 5.05. The molecular formula is C11H20N6O. The van der Waals surface area contributed by atoms with Crippen LogP contribution >= 0.6 is 0 Å². The first-order valence-electron chi connectivity index (χ1n) is 6.28. The molecule has 18 heavy (non-hydrogen) atoms. The molecule has 7 heteroatoms. The van der Waals surface area contributed by atoms with Gasteiger partial charge in [0.05, 0.1) is 7.11 Å². The maximum atomic E-state index is 5.35. The highest BCUT2D eigenvalue weighted by Gasteiger charge is 2.22. The maximum Gasteiger partial charge on any atom is 0.322 e. The van der Waals surface area contributed by atoms with Gasteiger partial charge in [0.2, 0.25) is 11.9 Å². The lowest BCUT2D eigenvalue weighted by Crippen LogP contribution is -2.34. The van der Waals surface area contributed by atoms with E-state index in [0.717, 1.165) is 19.0 Å².